The molecule has 1 unspecified atom stereocenters. The zero-order valence-corrected chi connectivity index (χ0v) is 11.2. The first-order chi connectivity index (χ1) is 9.61. The summed E-state index contributed by atoms with van der Waals surface area (Å²) in [6.07, 6.45) is 3.43. The number of hydrogen-bond donors (Lipinski definition) is 1. The van der Waals surface area contributed by atoms with Crippen LogP contribution in [0.4, 0.5) is 4.39 Å². The molecule has 1 aliphatic heterocycles. The van der Waals surface area contributed by atoms with Crippen LogP contribution in [0.25, 0.3) is 0 Å². The van der Waals surface area contributed by atoms with Crippen molar-refractivity contribution in [3.05, 3.63) is 35.1 Å². The zero-order chi connectivity index (χ0) is 14.5. The van der Waals surface area contributed by atoms with Gasteiger partial charge in [-0.3, -0.25) is 9.69 Å². The van der Waals surface area contributed by atoms with Gasteiger partial charge in [-0.1, -0.05) is 12.8 Å². The highest BCUT2D eigenvalue weighted by atomic mass is 19.1. The summed E-state index contributed by atoms with van der Waals surface area (Å²) in [7, 11) is 0. The number of rotatable bonds is 3. The molecule has 1 aromatic rings. The molecule has 1 heterocycles. The van der Waals surface area contributed by atoms with E-state index in [9.17, 15) is 14.3 Å². The van der Waals surface area contributed by atoms with E-state index in [2.05, 4.69) is 0 Å². The Morgan fingerprint density at radius 3 is 2.95 bits per heavy atom. The van der Waals surface area contributed by atoms with Gasteiger partial charge >= 0.3 is 5.97 Å². The number of nitriles is 1. The quantitative estimate of drug-likeness (QED) is 0.921. The van der Waals surface area contributed by atoms with Gasteiger partial charge < -0.3 is 5.11 Å². The van der Waals surface area contributed by atoms with E-state index >= 15 is 0 Å². The number of carboxylic acid groups (broad SMARTS) is 1. The van der Waals surface area contributed by atoms with Crippen LogP contribution >= 0.6 is 0 Å². The van der Waals surface area contributed by atoms with E-state index in [1.54, 1.807) is 0 Å². The molecule has 1 atom stereocenters. The maximum absolute atomic E-state index is 13.3. The molecule has 0 amide bonds. The fourth-order valence-corrected chi connectivity index (χ4v) is 2.66. The van der Waals surface area contributed by atoms with E-state index < -0.39 is 17.8 Å². The molecule has 0 aliphatic carbocycles. The molecule has 2 rings (SSSR count). The van der Waals surface area contributed by atoms with Crippen LogP contribution in [0.5, 0.6) is 0 Å². The standard InChI is InChI=1S/C15H17FN2O2/c16-13-6-5-11(9-17)12(8-13)10-18-7-3-1-2-4-14(18)15(19)20/h5-6,8,14H,1-4,7,10H2,(H,19,20). The molecular weight excluding hydrogens is 259 g/mol. The van der Waals surface area contributed by atoms with Crippen molar-refractivity contribution in [2.75, 3.05) is 6.54 Å². The molecule has 20 heavy (non-hydrogen) atoms. The first kappa shape index (κ1) is 14.5. The van der Waals surface area contributed by atoms with Crippen molar-refractivity contribution in [3.63, 3.8) is 0 Å². The van der Waals surface area contributed by atoms with Gasteiger partial charge in [0.2, 0.25) is 0 Å². The van der Waals surface area contributed by atoms with Crippen LogP contribution in [0.1, 0.15) is 36.8 Å². The molecule has 4 nitrogen and oxygen atoms in total. The van der Waals surface area contributed by atoms with Crippen molar-refractivity contribution in [1.29, 1.82) is 5.26 Å². The number of likely N-dealkylation sites (tertiary alicyclic amines) is 1. The highest BCUT2D eigenvalue weighted by molar-refractivity contribution is 5.73. The van der Waals surface area contributed by atoms with Crippen LogP contribution in [-0.2, 0) is 11.3 Å². The molecule has 1 saturated heterocycles. The van der Waals surface area contributed by atoms with Crippen molar-refractivity contribution >= 4 is 5.97 Å². The normalized spacial score (nSPS) is 20.1. The number of benzene rings is 1. The Hall–Kier alpha value is -1.93. The zero-order valence-electron chi connectivity index (χ0n) is 11.2. The lowest BCUT2D eigenvalue weighted by molar-refractivity contribution is -0.143. The Balaban J connectivity index is 2.24. The lowest BCUT2D eigenvalue weighted by Gasteiger charge is -2.27. The third kappa shape index (κ3) is 3.34. The summed E-state index contributed by atoms with van der Waals surface area (Å²) in [5, 5.41) is 18.4. The molecule has 5 heteroatoms. The lowest BCUT2D eigenvalue weighted by atomic mass is 10.1. The molecule has 106 valence electrons. The Bertz CT molecular complexity index is 539. The minimum atomic E-state index is -0.846. The third-order valence-corrected chi connectivity index (χ3v) is 3.71. The van der Waals surface area contributed by atoms with E-state index in [1.807, 2.05) is 11.0 Å². The molecule has 0 spiro atoms. The first-order valence-electron chi connectivity index (χ1n) is 6.77. The van der Waals surface area contributed by atoms with Crippen LogP contribution in [0, 0.1) is 17.1 Å². The summed E-state index contributed by atoms with van der Waals surface area (Å²) >= 11 is 0. The van der Waals surface area contributed by atoms with Gasteiger partial charge in [-0.15, -0.1) is 0 Å². The number of halogens is 1. The van der Waals surface area contributed by atoms with Crippen molar-refractivity contribution in [2.45, 2.75) is 38.3 Å². The maximum Gasteiger partial charge on any atom is 0.320 e. The molecular formula is C15H17FN2O2. The molecule has 0 bridgehead atoms. The molecule has 0 saturated carbocycles. The average Bonchev–Trinajstić information content (AvgIpc) is 2.64. The van der Waals surface area contributed by atoms with Crippen LogP contribution in [0.3, 0.4) is 0 Å². The van der Waals surface area contributed by atoms with Crippen molar-refractivity contribution < 1.29 is 14.3 Å². The topological polar surface area (TPSA) is 64.3 Å². The largest absolute Gasteiger partial charge is 0.480 e. The summed E-state index contributed by atoms with van der Waals surface area (Å²) in [5.41, 5.74) is 0.959. The second kappa shape index (κ2) is 6.49. The molecule has 0 radical (unpaired) electrons. The highest BCUT2D eigenvalue weighted by Gasteiger charge is 2.27. The molecule has 1 aliphatic rings. The third-order valence-electron chi connectivity index (χ3n) is 3.71. The Morgan fingerprint density at radius 2 is 2.25 bits per heavy atom. The summed E-state index contributed by atoms with van der Waals surface area (Å²) in [5.74, 6) is -1.25. The summed E-state index contributed by atoms with van der Waals surface area (Å²) in [6.45, 7) is 0.968. The maximum atomic E-state index is 13.3. The Kier molecular flexibility index (Phi) is 4.70. The molecule has 1 fully saturated rings. The predicted octanol–water partition coefficient (Wildman–Crippen LogP) is 2.53. The van der Waals surface area contributed by atoms with Gasteiger partial charge in [-0.05, 0) is 43.1 Å². The van der Waals surface area contributed by atoms with Crippen molar-refractivity contribution in [2.24, 2.45) is 0 Å². The summed E-state index contributed by atoms with van der Waals surface area (Å²) in [6, 6.07) is 5.50. The van der Waals surface area contributed by atoms with E-state index in [1.165, 1.54) is 18.2 Å². The van der Waals surface area contributed by atoms with Crippen LogP contribution < -0.4 is 0 Å². The number of aliphatic carboxylic acids is 1. The van der Waals surface area contributed by atoms with E-state index in [-0.39, 0.29) is 0 Å². The highest BCUT2D eigenvalue weighted by Crippen LogP contribution is 2.21. The van der Waals surface area contributed by atoms with Gasteiger partial charge in [0.15, 0.2) is 0 Å². The minimum Gasteiger partial charge on any atom is -0.480 e. The first-order valence-corrected chi connectivity index (χ1v) is 6.77. The molecule has 1 N–H and O–H groups in total. The van der Waals surface area contributed by atoms with Gasteiger partial charge in [0.1, 0.15) is 11.9 Å². The monoisotopic (exact) mass is 276 g/mol. The number of nitrogens with zero attached hydrogens (tertiary/aromatic N) is 2. The fourth-order valence-electron chi connectivity index (χ4n) is 2.66. The molecule has 0 aromatic heterocycles. The Morgan fingerprint density at radius 1 is 1.45 bits per heavy atom. The van der Waals surface area contributed by atoms with Crippen LogP contribution in [-0.4, -0.2) is 28.6 Å². The van der Waals surface area contributed by atoms with Gasteiger partial charge in [0.25, 0.3) is 0 Å². The van der Waals surface area contributed by atoms with Gasteiger partial charge in [0.05, 0.1) is 11.6 Å². The van der Waals surface area contributed by atoms with E-state index in [0.717, 1.165) is 19.3 Å². The Labute approximate surface area is 117 Å². The number of carbonyl (C=O) groups is 1. The fraction of sp³-hybridized carbons (Fsp3) is 0.467. The van der Waals surface area contributed by atoms with Crippen molar-refractivity contribution in [1.82, 2.24) is 4.90 Å². The second-order valence-electron chi connectivity index (χ2n) is 5.09. The molecule has 1 aromatic carbocycles. The SMILES string of the molecule is N#Cc1ccc(F)cc1CN1CCCCCC1C(=O)O. The number of carboxylic acids is 1. The van der Waals surface area contributed by atoms with E-state index in [4.69, 9.17) is 5.26 Å². The summed E-state index contributed by atoms with van der Waals surface area (Å²) in [4.78, 5) is 13.2. The second-order valence-corrected chi connectivity index (χ2v) is 5.09. The van der Waals surface area contributed by atoms with Gasteiger partial charge in [-0.25, -0.2) is 4.39 Å². The van der Waals surface area contributed by atoms with Crippen LogP contribution in [0.15, 0.2) is 18.2 Å². The average molecular weight is 276 g/mol. The van der Waals surface area contributed by atoms with Crippen LogP contribution in [0.2, 0.25) is 0 Å². The smallest absolute Gasteiger partial charge is 0.320 e. The summed E-state index contributed by atoms with van der Waals surface area (Å²) < 4.78 is 13.3. The van der Waals surface area contributed by atoms with Crippen molar-refractivity contribution in [3.8, 4) is 6.07 Å². The lowest BCUT2D eigenvalue weighted by Crippen LogP contribution is -2.40. The van der Waals surface area contributed by atoms with Gasteiger partial charge in [0, 0.05) is 6.54 Å². The van der Waals surface area contributed by atoms with E-state index in [0.29, 0.717) is 30.6 Å². The predicted molar refractivity (Wildman–Crippen MR) is 71.4 cm³/mol. The number of hydrogen-bond acceptors (Lipinski definition) is 3. The van der Waals surface area contributed by atoms with Gasteiger partial charge in [-0.2, -0.15) is 5.26 Å². The minimum absolute atomic E-state index is 0.303.